The lowest BCUT2D eigenvalue weighted by Crippen LogP contribution is -2.71. The number of esters is 1. The first-order valence-electron chi connectivity index (χ1n) is 13.4. The Kier molecular flexibility index (Phi) is 7.07. The van der Waals surface area contributed by atoms with Crippen molar-refractivity contribution in [2.24, 2.45) is 28.6 Å². The predicted octanol–water partition coefficient (Wildman–Crippen LogP) is 6.35. The summed E-state index contributed by atoms with van der Waals surface area (Å²) in [6.07, 6.45) is -1.90. The molecule has 216 valence electrons. The van der Waals surface area contributed by atoms with Gasteiger partial charge in [-0.1, -0.05) is 43.7 Å². The Morgan fingerprint density at radius 1 is 1.20 bits per heavy atom. The average Bonchev–Trinajstić information content (AvgIpc) is 3.09. The summed E-state index contributed by atoms with van der Waals surface area (Å²) >= 11 is 11.8. The number of halogens is 4. The third-order valence-electron chi connectivity index (χ3n) is 10.1. The smallest absolute Gasteiger partial charge is 0.303 e. The van der Waals surface area contributed by atoms with Gasteiger partial charge in [-0.05, 0) is 68.1 Å². The van der Waals surface area contributed by atoms with Crippen LogP contribution in [0.3, 0.4) is 0 Å². The third-order valence-corrected chi connectivity index (χ3v) is 10.8. The lowest BCUT2D eigenvalue weighted by atomic mass is 9.44. The topological polar surface area (TPSA) is 72.8 Å². The minimum atomic E-state index is -2.48. The number of aliphatic hydroxyl groups excluding tert-OH is 1. The quantitative estimate of drug-likeness (QED) is 0.323. The van der Waals surface area contributed by atoms with Gasteiger partial charge in [-0.2, -0.15) is 0 Å². The number of alkyl halides is 2. The fourth-order valence-corrected chi connectivity index (χ4v) is 9.04. The molecule has 0 spiro atoms. The molecule has 4 aliphatic rings. The second kappa shape index (κ2) is 9.66. The molecule has 0 heterocycles. The fraction of sp³-hybridized carbons (Fsp3) is 0.567. The van der Waals surface area contributed by atoms with Crippen LogP contribution in [-0.2, 0) is 25.7 Å². The molecule has 0 bridgehead atoms. The number of ether oxygens (including phenoxy) is 2. The monoisotopic (exact) mass is 596 g/mol. The van der Waals surface area contributed by atoms with Gasteiger partial charge in [-0.15, -0.1) is 0 Å². The Hall–Kier alpha value is -2.23. The van der Waals surface area contributed by atoms with E-state index in [1.807, 2.05) is 6.92 Å². The van der Waals surface area contributed by atoms with Crippen molar-refractivity contribution < 1.29 is 37.3 Å². The van der Waals surface area contributed by atoms with Crippen LogP contribution in [0.25, 0.3) is 0 Å². The van der Waals surface area contributed by atoms with E-state index < -0.39 is 81.7 Å². The van der Waals surface area contributed by atoms with Crippen molar-refractivity contribution in [2.75, 3.05) is 0 Å². The van der Waals surface area contributed by atoms with Gasteiger partial charge < -0.3 is 14.6 Å². The highest BCUT2D eigenvalue weighted by Crippen LogP contribution is 2.72. The minimum absolute atomic E-state index is 0.0117. The van der Waals surface area contributed by atoms with Gasteiger partial charge in [0, 0.05) is 40.2 Å². The Balaban J connectivity index is 1.57. The molecule has 0 saturated heterocycles. The average molecular weight is 597 g/mol. The molecule has 1 aromatic rings. The van der Waals surface area contributed by atoms with Crippen LogP contribution in [0, 0.1) is 28.6 Å². The van der Waals surface area contributed by atoms with Crippen LogP contribution in [0.1, 0.15) is 52.5 Å². The molecular weight excluding hydrogens is 565 g/mol. The second-order valence-corrected chi connectivity index (χ2v) is 12.9. The zero-order chi connectivity index (χ0) is 29.4. The SMILES string of the molecule is CC(=O)O[C@]1(C(=S)OCc2ccc(Cl)cc2)[C@H](C)C[C@H]2[C@@H]3C[C@H](F)C4=C(F)C(=O)C=C[C@]4(C)[C@@]3(F)[C@@H](O)C[C@@]21C. The highest BCUT2D eigenvalue weighted by molar-refractivity contribution is 7.80. The number of carbonyl (C=O) groups is 2. The van der Waals surface area contributed by atoms with Crippen LogP contribution in [0.4, 0.5) is 13.2 Å². The molecule has 3 fully saturated rings. The number of benzene rings is 1. The number of carbonyl (C=O) groups excluding carboxylic acids is 2. The van der Waals surface area contributed by atoms with E-state index in [1.54, 1.807) is 31.2 Å². The summed E-state index contributed by atoms with van der Waals surface area (Å²) in [5.41, 5.74) is -6.82. The van der Waals surface area contributed by atoms with Gasteiger partial charge in [0.1, 0.15) is 12.8 Å². The lowest BCUT2D eigenvalue weighted by Gasteiger charge is -2.63. The molecule has 9 atom stereocenters. The van der Waals surface area contributed by atoms with Gasteiger partial charge in [-0.25, -0.2) is 13.2 Å². The molecule has 1 aromatic carbocycles. The molecule has 0 unspecified atom stereocenters. The molecule has 40 heavy (non-hydrogen) atoms. The van der Waals surface area contributed by atoms with E-state index in [9.17, 15) is 19.1 Å². The Morgan fingerprint density at radius 3 is 2.48 bits per heavy atom. The van der Waals surface area contributed by atoms with Crippen molar-refractivity contribution in [1.82, 2.24) is 0 Å². The van der Waals surface area contributed by atoms with Crippen molar-refractivity contribution in [2.45, 2.75) is 77.1 Å². The zero-order valence-electron chi connectivity index (χ0n) is 22.7. The van der Waals surface area contributed by atoms with Crippen LogP contribution in [0.2, 0.25) is 5.02 Å². The molecule has 5 nitrogen and oxygen atoms in total. The van der Waals surface area contributed by atoms with Gasteiger partial charge >= 0.3 is 5.97 Å². The summed E-state index contributed by atoms with van der Waals surface area (Å²) in [6.45, 7) is 6.23. The van der Waals surface area contributed by atoms with E-state index >= 15 is 8.78 Å². The molecule has 0 aliphatic heterocycles. The first kappa shape index (κ1) is 29.3. The summed E-state index contributed by atoms with van der Waals surface area (Å²) in [4.78, 5) is 24.6. The third kappa shape index (κ3) is 3.79. The number of hydrogen-bond donors (Lipinski definition) is 1. The maximum atomic E-state index is 17.5. The van der Waals surface area contributed by atoms with Crippen LogP contribution in [0.15, 0.2) is 47.8 Å². The minimum Gasteiger partial charge on any atom is -0.479 e. The van der Waals surface area contributed by atoms with E-state index in [1.165, 1.54) is 19.9 Å². The van der Waals surface area contributed by atoms with E-state index in [-0.39, 0.29) is 18.1 Å². The Bertz CT molecular complexity index is 1330. The number of hydrogen-bond acceptors (Lipinski definition) is 6. The number of allylic oxidation sites excluding steroid dienone is 4. The molecule has 0 aromatic heterocycles. The van der Waals surface area contributed by atoms with Crippen molar-refractivity contribution >= 4 is 40.6 Å². The van der Waals surface area contributed by atoms with Gasteiger partial charge in [0.15, 0.2) is 17.1 Å². The van der Waals surface area contributed by atoms with Gasteiger partial charge in [-0.3, -0.25) is 9.59 Å². The van der Waals surface area contributed by atoms with E-state index in [2.05, 4.69) is 0 Å². The van der Waals surface area contributed by atoms with Crippen LogP contribution in [0.5, 0.6) is 0 Å². The second-order valence-electron chi connectivity index (χ2n) is 12.1. The number of thiocarbonyl (C=S) groups is 1. The highest BCUT2D eigenvalue weighted by atomic mass is 35.5. The summed E-state index contributed by atoms with van der Waals surface area (Å²) in [6, 6.07) is 6.94. The number of rotatable bonds is 4. The first-order valence-corrected chi connectivity index (χ1v) is 14.2. The number of aliphatic hydroxyl groups is 1. The first-order chi connectivity index (χ1) is 18.6. The lowest BCUT2D eigenvalue weighted by molar-refractivity contribution is -0.222. The Labute approximate surface area is 241 Å². The van der Waals surface area contributed by atoms with Crippen LogP contribution >= 0.6 is 23.8 Å². The van der Waals surface area contributed by atoms with Crippen LogP contribution < -0.4 is 0 Å². The maximum Gasteiger partial charge on any atom is 0.303 e. The maximum absolute atomic E-state index is 17.5. The fourth-order valence-electron chi connectivity index (χ4n) is 8.37. The standard InChI is InChI=1S/C30H32ClF3O5S/c1-15-11-19-20-12-21(32)24-25(33)22(36)9-10-27(24,3)29(20,34)23(37)13-28(19,4)30(15,39-16(2)35)26(40)38-14-17-5-7-18(31)8-6-17/h5-10,15,19-21,23,37H,11-14H2,1-4H3/t15-,19+,20+,21+,23+,27+,28+,29+,30+/m1/s1. The predicted molar refractivity (Wildman–Crippen MR) is 147 cm³/mol. The molecule has 5 rings (SSSR count). The summed E-state index contributed by atoms with van der Waals surface area (Å²) < 4.78 is 60.3. The molecule has 3 saturated carbocycles. The van der Waals surface area contributed by atoms with E-state index in [4.69, 9.17) is 33.3 Å². The largest absolute Gasteiger partial charge is 0.479 e. The van der Waals surface area contributed by atoms with E-state index in [0.717, 1.165) is 11.6 Å². The molecule has 4 aliphatic carbocycles. The van der Waals surface area contributed by atoms with Crippen LogP contribution in [-0.4, -0.2) is 45.5 Å². The summed E-state index contributed by atoms with van der Waals surface area (Å²) in [5.74, 6) is -5.12. The van der Waals surface area contributed by atoms with Crippen molar-refractivity contribution in [3.8, 4) is 0 Å². The molecule has 0 radical (unpaired) electrons. The summed E-state index contributed by atoms with van der Waals surface area (Å²) in [7, 11) is 0. The van der Waals surface area contributed by atoms with Gasteiger partial charge in [0.05, 0.1) is 6.10 Å². The normalized spacial score (nSPS) is 42.1. The van der Waals surface area contributed by atoms with Gasteiger partial charge in [0.25, 0.3) is 0 Å². The molecule has 10 heteroatoms. The zero-order valence-corrected chi connectivity index (χ0v) is 24.3. The van der Waals surface area contributed by atoms with Crippen molar-refractivity contribution in [3.63, 3.8) is 0 Å². The molecular formula is C30H32ClF3O5S. The van der Waals surface area contributed by atoms with Crippen molar-refractivity contribution in [3.05, 3.63) is 58.4 Å². The molecule has 1 N–H and O–H groups in total. The van der Waals surface area contributed by atoms with E-state index in [0.29, 0.717) is 11.4 Å². The van der Waals surface area contributed by atoms with Gasteiger partial charge in [0.2, 0.25) is 10.8 Å². The molecule has 0 amide bonds. The highest BCUT2D eigenvalue weighted by Gasteiger charge is 2.78. The summed E-state index contributed by atoms with van der Waals surface area (Å²) in [5, 5.41) is 12.1. The van der Waals surface area contributed by atoms with Crippen molar-refractivity contribution in [1.29, 1.82) is 0 Å². The number of fused-ring (bicyclic) bond motifs is 5. The Morgan fingerprint density at radius 2 is 1.85 bits per heavy atom. The number of ketones is 1.